The first kappa shape index (κ1) is 11.5. The minimum Gasteiger partial charge on any atom is -0.350 e. The maximum absolute atomic E-state index is 5.80. The number of pyridine rings is 1. The van der Waals surface area contributed by atoms with Crippen LogP contribution in [0.4, 0.5) is 5.82 Å². The van der Waals surface area contributed by atoms with Gasteiger partial charge in [0.25, 0.3) is 0 Å². The van der Waals surface area contributed by atoms with E-state index in [0.717, 1.165) is 11.6 Å². The molecule has 1 saturated carbocycles. The summed E-state index contributed by atoms with van der Waals surface area (Å²) in [4.78, 5) is 10.6. The maximum Gasteiger partial charge on any atom is 0.246 e. The van der Waals surface area contributed by atoms with Gasteiger partial charge in [-0.3, -0.25) is 0 Å². The number of anilines is 1. The van der Waals surface area contributed by atoms with Crippen molar-refractivity contribution in [1.82, 2.24) is 15.1 Å². The summed E-state index contributed by atoms with van der Waals surface area (Å²) in [7, 11) is 1.93. The lowest BCUT2D eigenvalue weighted by Gasteiger charge is -2.15. The summed E-state index contributed by atoms with van der Waals surface area (Å²) in [5, 5.41) is 4.61. The van der Waals surface area contributed by atoms with Crippen molar-refractivity contribution in [3.8, 4) is 0 Å². The first-order valence-electron chi connectivity index (χ1n) is 5.87. The second kappa shape index (κ2) is 4.57. The molecule has 3 rings (SSSR count). The van der Waals surface area contributed by atoms with E-state index < -0.39 is 0 Å². The molecule has 1 aliphatic rings. The van der Waals surface area contributed by atoms with Crippen molar-refractivity contribution in [2.45, 2.75) is 25.3 Å². The van der Waals surface area contributed by atoms with Gasteiger partial charge in [-0.05, 0) is 25.0 Å². The van der Waals surface area contributed by atoms with Crippen LogP contribution in [0, 0.1) is 0 Å². The molecule has 0 unspecified atom stereocenters. The molecule has 0 N–H and O–H groups in total. The van der Waals surface area contributed by atoms with Gasteiger partial charge in [-0.2, -0.15) is 4.98 Å². The highest BCUT2D eigenvalue weighted by Gasteiger charge is 2.28. The van der Waals surface area contributed by atoms with Crippen molar-refractivity contribution in [2.75, 3.05) is 11.9 Å². The molecule has 0 saturated heterocycles. The molecular formula is C12H13ClN4O. The normalized spacial score (nSPS) is 14.8. The lowest BCUT2D eigenvalue weighted by atomic mass is 10.4. The van der Waals surface area contributed by atoms with Gasteiger partial charge in [0.2, 0.25) is 5.89 Å². The summed E-state index contributed by atoms with van der Waals surface area (Å²) < 4.78 is 5.23. The van der Waals surface area contributed by atoms with E-state index in [1.807, 2.05) is 24.1 Å². The molecule has 0 aromatic carbocycles. The van der Waals surface area contributed by atoms with Gasteiger partial charge in [0, 0.05) is 19.2 Å². The van der Waals surface area contributed by atoms with Crippen LogP contribution in [0.1, 0.15) is 30.5 Å². The molecule has 0 bridgehead atoms. The van der Waals surface area contributed by atoms with Gasteiger partial charge in [0.1, 0.15) is 5.82 Å². The fraction of sp³-hybridized carbons (Fsp3) is 0.417. The third kappa shape index (κ3) is 2.46. The van der Waals surface area contributed by atoms with E-state index in [1.165, 1.54) is 12.8 Å². The van der Waals surface area contributed by atoms with E-state index in [-0.39, 0.29) is 0 Å². The Labute approximate surface area is 110 Å². The third-order valence-electron chi connectivity index (χ3n) is 2.90. The maximum atomic E-state index is 5.80. The van der Waals surface area contributed by atoms with E-state index >= 15 is 0 Å². The van der Waals surface area contributed by atoms with Crippen LogP contribution >= 0.6 is 11.6 Å². The van der Waals surface area contributed by atoms with Crippen LogP contribution in [0.5, 0.6) is 0 Å². The highest BCUT2D eigenvalue weighted by molar-refractivity contribution is 6.30. The zero-order valence-electron chi connectivity index (χ0n) is 10.0. The number of nitrogens with zero attached hydrogens (tertiary/aromatic N) is 4. The van der Waals surface area contributed by atoms with Crippen molar-refractivity contribution < 1.29 is 4.52 Å². The average Bonchev–Trinajstić information content (AvgIpc) is 3.11. The molecular weight excluding hydrogens is 252 g/mol. The van der Waals surface area contributed by atoms with Gasteiger partial charge >= 0.3 is 0 Å². The lowest BCUT2D eigenvalue weighted by Crippen LogP contribution is -2.17. The molecule has 1 aliphatic carbocycles. The number of rotatable bonds is 4. The zero-order chi connectivity index (χ0) is 12.5. The van der Waals surface area contributed by atoms with Gasteiger partial charge in [-0.15, -0.1) is 0 Å². The van der Waals surface area contributed by atoms with Gasteiger partial charge in [-0.1, -0.05) is 16.8 Å². The Morgan fingerprint density at radius 1 is 1.44 bits per heavy atom. The summed E-state index contributed by atoms with van der Waals surface area (Å²) in [6.07, 6.45) is 3.97. The number of aromatic nitrogens is 3. The average molecular weight is 265 g/mol. The van der Waals surface area contributed by atoms with E-state index in [9.17, 15) is 0 Å². The van der Waals surface area contributed by atoms with Crippen molar-refractivity contribution in [3.05, 3.63) is 35.1 Å². The van der Waals surface area contributed by atoms with E-state index in [4.69, 9.17) is 16.1 Å². The van der Waals surface area contributed by atoms with E-state index in [2.05, 4.69) is 15.1 Å². The fourth-order valence-electron chi connectivity index (χ4n) is 1.72. The molecule has 2 aromatic heterocycles. The minimum absolute atomic E-state index is 0.515. The Morgan fingerprint density at radius 2 is 2.28 bits per heavy atom. The molecule has 94 valence electrons. The number of hydrogen-bond donors (Lipinski definition) is 0. The van der Waals surface area contributed by atoms with Crippen LogP contribution in [-0.4, -0.2) is 22.2 Å². The third-order valence-corrected chi connectivity index (χ3v) is 3.13. The molecule has 0 radical (unpaired) electrons. The van der Waals surface area contributed by atoms with Crippen LogP contribution in [-0.2, 0) is 6.54 Å². The molecule has 0 aliphatic heterocycles. The van der Waals surface area contributed by atoms with Gasteiger partial charge in [0.05, 0.1) is 11.6 Å². The molecule has 18 heavy (non-hydrogen) atoms. The van der Waals surface area contributed by atoms with Gasteiger partial charge in [0.15, 0.2) is 5.82 Å². The smallest absolute Gasteiger partial charge is 0.246 e. The monoisotopic (exact) mass is 264 g/mol. The molecule has 2 heterocycles. The van der Waals surface area contributed by atoms with Crippen molar-refractivity contribution in [2.24, 2.45) is 0 Å². The molecule has 2 aromatic rings. The number of hydrogen-bond acceptors (Lipinski definition) is 5. The number of halogens is 1. The lowest BCUT2D eigenvalue weighted by molar-refractivity contribution is 0.372. The summed E-state index contributed by atoms with van der Waals surface area (Å²) in [6.45, 7) is 0.550. The van der Waals surface area contributed by atoms with Crippen LogP contribution in [0.3, 0.4) is 0 Å². The molecule has 5 nitrogen and oxygen atoms in total. The SMILES string of the molecule is CN(Cc1nc(C2CC2)no1)c1ccc(Cl)cn1. The molecule has 0 amide bonds. The first-order chi connectivity index (χ1) is 8.72. The van der Waals surface area contributed by atoms with Crippen molar-refractivity contribution >= 4 is 17.4 Å². The van der Waals surface area contributed by atoms with E-state index in [1.54, 1.807) is 6.20 Å². The first-order valence-corrected chi connectivity index (χ1v) is 6.25. The standard InChI is InChI=1S/C12H13ClN4O/c1-17(10-5-4-9(13)6-14-10)7-11-15-12(16-18-11)8-2-3-8/h4-6,8H,2-3,7H2,1H3. The van der Waals surface area contributed by atoms with Crippen LogP contribution in [0.2, 0.25) is 5.02 Å². The fourth-order valence-corrected chi connectivity index (χ4v) is 1.83. The van der Waals surface area contributed by atoms with Crippen molar-refractivity contribution in [1.29, 1.82) is 0 Å². The molecule has 6 heteroatoms. The Balaban J connectivity index is 1.68. The minimum atomic E-state index is 0.515. The Kier molecular flexibility index (Phi) is 2.91. The second-order valence-corrected chi connectivity index (χ2v) is 4.95. The highest BCUT2D eigenvalue weighted by Crippen LogP contribution is 2.38. The highest BCUT2D eigenvalue weighted by atomic mass is 35.5. The predicted octanol–water partition coefficient (Wildman–Crippen LogP) is 2.63. The molecule has 0 spiro atoms. The van der Waals surface area contributed by atoms with Gasteiger partial charge in [-0.25, -0.2) is 4.98 Å². The van der Waals surface area contributed by atoms with E-state index in [0.29, 0.717) is 23.4 Å². The Hall–Kier alpha value is -1.62. The van der Waals surface area contributed by atoms with Crippen LogP contribution in [0.15, 0.2) is 22.9 Å². The summed E-state index contributed by atoms with van der Waals surface area (Å²) in [5.74, 6) is 2.80. The topological polar surface area (TPSA) is 55.1 Å². The quantitative estimate of drug-likeness (QED) is 0.850. The molecule has 0 atom stereocenters. The second-order valence-electron chi connectivity index (χ2n) is 4.51. The Bertz CT molecular complexity index is 535. The summed E-state index contributed by atoms with van der Waals surface area (Å²) in [6, 6.07) is 3.67. The summed E-state index contributed by atoms with van der Waals surface area (Å²) >= 11 is 5.80. The van der Waals surface area contributed by atoms with Crippen molar-refractivity contribution in [3.63, 3.8) is 0 Å². The van der Waals surface area contributed by atoms with Crippen LogP contribution in [0.25, 0.3) is 0 Å². The molecule has 1 fully saturated rings. The largest absolute Gasteiger partial charge is 0.350 e. The predicted molar refractivity (Wildman–Crippen MR) is 67.6 cm³/mol. The van der Waals surface area contributed by atoms with Crippen LogP contribution < -0.4 is 4.90 Å². The van der Waals surface area contributed by atoms with Gasteiger partial charge < -0.3 is 9.42 Å². The summed E-state index contributed by atoms with van der Waals surface area (Å²) in [5.41, 5.74) is 0. The zero-order valence-corrected chi connectivity index (χ0v) is 10.8. The Morgan fingerprint density at radius 3 is 2.94 bits per heavy atom.